The lowest BCUT2D eigenvalue weighted by Crippen LogP contribution is -2.18. The summed E-state index contributed by atoms with van der Waals surface area (Å²) in [7, 11) is -2.80. The first-order valence-corrected chi connectivity index (χ1v) is 5.64. The third-order valence-corrected chi connectivity index (χ3v) is 3.06. The number of rotatable bonds is 2. The second-order valence-corrected chi connectivity index (χ2v) is 4.17. The smallest absolute Gasteiger partial charge is 0.201 e. The number of benzene rings is 1. The summed E-state index contributed by atoms with van der Waals surface area (Å²) in [6.45, 7) is 0. The van der Waals surface area contributed by atoms with Gasteiger partial charge in [0, 0.05) is 11.6 Å². The average Bonchev–Trinajstić information content (AvgIpc) is 2.56. The van der Waals surface area contributed by atoms with Crippen LogP contribution in [0.4, 0.5) is 8.78 Å². The van der Waals surface area contributed by atoms with E-state index >= 15 is 0 Å². The zero-order valence-corrected chi connectivity index (χ0v) is 8.56. The Morgan fingerprint density at radius 2 is 1.93 bits per heavy atom. The van der Waals surface area contributed by atoms with Gasteiger partial charge in [0.25, 0.3) is 0 Å². The first kappa shape index (κ1) is 10.5. The van der Waals surface area contributed by atoms with E-state index in [1.807, 2.05) is 0 Å². The molecule has 1 N–H and O–H groups in total. The van der Waals surface area contributed by atoms with Crippen molar-refractivity contribution in [2.45, 2.75) is 18.9 Å². The monoisotopic (exact) mass is 233 g/mol. The Bertz CT molecular complexity index is 465. The van der Waals surface area contributed by atoms with Crippen molar-refractivity contribution in [1.82, 2.24) is 4.72 Å². The quantitative estimate of drug-likeness (QED) is 0.750. The van der Waals surface area contributed by atoms with Gasteiger partial charge in [-0.1, -0.05) is 0 Å². The molecular weight excluding hydrogens is 224 g/mol. The molecule has 1 aliphatic carbocycles. The molecule has 82 valence electrons. The van der Waals surface area contributed by atoms with Crippen LogP contribution in [0.15, 0.2) is 12.1 Å². The minimum Gasteiger partial charge on any atom is -0.215 e. The molecule has 1 aliphatic rings. The predicted molar refractivity (Wildman–Crippen MR) is 50.9 cm³/mol. The van der Waals surface area contributed by atoms with Crippen molar-refractivity contribution in [2.75, 3.05) is 0 Å². The van der Waals surface area contributed by atoms with Gasteiger partial charge in [-0.25, -0.2) is 21.9 Å². The summed E-state index contributed by atoms with van der Waals surface area (Å²) in [6.07, 6.45) is 0.760. The minimum atomic E-state index is -2.80. The van der Waals surface area contributed by atoms with Crippen LogP contribution in [0.1, 0.15) is 23.6 Å². The van der Waals surface area contributed by atoms with Gasteiger partial charge >= 0.3 is 0 Å². The molecule has 0 aliphatic heterocycles. The third-order valence-electron chi connectivity index (χ3n) is 2.54. The molecule has 0 amide bonds. The van der Waals surface area contributed by atoms with Gasteiger partial charge in [-0.3, -0.25) is 0 Å². The van der Waals surface area contributed by atoms with E-state index in [4.69, 9.17) is 0 Å². The molecule has 0 saturated carbocycles. The Kier molecular flexibility index (Phi) is 2.70. The van der Waals surface area contributed by atoms with Crippen LogP contribution in [0.3, 0.4) is 0 Å². The molecule has 0 spiro atoms. The first-order valence-electron chi connectivity index (χ1n) is 4.47. The van der Waals surface area contributed by atoms with Crippen molar-refractivity contribution in [2.24, 2.45) is 0 Å². The van der Waals surface area contributed by atoms with Crippen LogP contribution in [0.25, 0.3) is 0 Å². The van der Waals surface area contributed by atoms with E-state index in [9.17, 15) is 17.2 Å². The molecule has 0 bridgehead atoms. The molecule has 3 nitrogen and oxygen atoms in total. The van der Waals surface area contributed by atoms with Crippen molar-refractivity contribution in [3.8, 4) is 0 Å². The van der Waals surface area contributed by atoms with Crippen molar-refractivity contribution in [3.05, 3.63) is 34.9 Å². The maximum Gasteiger partial charge on any atom is 0.201 e. The Morgan fingerprint density at radius 3 is 2.60 bits per heavy atom. The Hall–Kier alpha value is -1.01. The molecule has 0 aromatic heterocycles. The second kappa shape index (κ2) is 3.86. The van der Waals surface area contributed by atoms with Crippen LogP contribution >= 0.6 is 0 Å². The van der Waals surface area contributed by atoms with E-state index in [1.54, 1.807) is 0 Å². The van der Waals surface area contributed by atoms with Crippen molar-refractivity contribution >= 4 is 10.9 Å². The maximum atomic E-state index is 13.4. The summed E-state index contributed by atoms with van der Waals surface area (Å²) >= 11 is 0. The van der Waals surface area contributed by atoms with Gasteiger partial charge in [0.15, 0.2) is 0 Å². The molecule has 1 atom stereocenters. The highest BCUT2D eigenvalue weighted by molar-refractivity contribution is 7.70. The highest BCUT2D eigenvalue weighted by Gasteiger charge is 2.28. The third kappa shape index (κ3) is 1.87. The molecule has 1 aromatic rings. The van der Waals surface area contributed by atoms with E-state index in [1.165, 1.54) is 0 Å². The molecule has 15 heavy (non-hydrogen) atoms. The van der Waals surface area contributed by atoms with E-state index in [-0.39, 0.29) is 11.1 Å². The van der Waals surface area contributed by atoms with Crippen LogP contribution in [-0.4, -0.2) is 8.42 Å². The van der Waals surface area contributed by atoms with Crippen molar-refractivity contribution in [3.63, 3.8) is 0 Å². The van der Waals surface area contributed by atoms with E-state index in [0.29, 0.717) is 12.8 Å². The van der Waals surface area contributed by atoms with Gasteiger partial charge in [0.1, 0.15) is 11.6 Å². The molecule has 1 aromatic carbocycles. The number of thiol groups is 1. The SMILES string of the molecule is O=[SH](=O)N[C@H]1CCc2c(F)ccc(F)c21. The number of halogens is 2. The summed E-state index contributed by atoms with van der Waals surface area (Å²) in [6, 6.07) is 1.46. The fourth-order valence-corrected chi connectivity index (χ4v) is 2.44. The van der Waals surface area contributed by atoms with Crippen LogP contribution in [0, 0.1) is 11.6 Å². The maximum absolute atomic E-state index is 13.4. The topological polar surface area (TPSA) is 46.2 Å². The standard InChI is InChI=1S/C9H9F2NO2S/c10-6-2-3-7(11)9-5(6)1-4-8(9)12-15(13)14/h2-3,8,15H,1,4H2,(H,12,13,14)/t8-/m0/s1. The lowest BCUT2D eigenvalue weighted by Gasteiger charge is -2.09. The molecule has 0 unspecified atom stereocenters. The van der Waals surface area contributed by atoms with Crippen LogP contribution < -0.4 is 4.72 Å². The number of hydrogen-bond donors (Lipinski definition) is 2. The van der Waals surface area contributed by atoms with E-state index < -0.39 is 28.6 Å². The van der Waals surface area contributed by atoms with Crippen LogP contribution in [0.5, 0.6) is 0 Å². The fourth-order valence-electron chi connectivity index (χ4n) is 1.93. The summed E-state index contributed by atoms with van der Waals surface area (Å²) < 4.78 is 49.8. The average molecular weight is 233 g/mol. The van der Waals surface area contributed by atoms with E-state index in [2.05, 4.69) is 4.72 Å². The molecule has 0 heterocycles. The molecule has 0 fully saturated rings. The van der Waals surface area contributed by atoms with Gasteiger partial charge in [0.2, 0.25) is 10.9 Å². The number of hydrogen-bond acceptors (Lipinski definition) is 2. The van der Waals surface area contributed by atoms with Crippen molar-refractivity contribution in [1.29, 1.82) is 0 Å². The molecular formula is C9H9F2NO2S. The van der Waals surface area contributed by atoms with Crippen molar-refractivity contribution < 1.29 is 17.2 Å². The van der Waals surface area contributed by atoms with E-state index in [0.717, 1.165) is 12.1 Å². The molecule has 0 radical (unpaired) electrons. The summed E-state index contributed by atoms with van der Waals surface area (Å²) in [5.74, 6) is -1.03. The van der Waals surface area contributed by atoms with Gasteiger partial charge < -0.3 is 0 Å². The van der Waals surface area contributed by atoms with Gasteiger partial charge in [-0.05, 0) is 30.5 Å². The summed E-state index contributed by atoms with van der Waals surface area (Å²) in [5.41, 5.74) is 0.429. The van der Waals surface area contributed by atoms with Crippen LogP contribution in [0.2, 0.25) is 0 Å². The predicted octanol–water partition coefficient (Wildman–Crippen LogP) is 1.07. The molecule has 6 heteroatoms. The Morgan fingerprint density at radius 1 is 1.27 bits per heavy atom. The van der Waals surface area contributed by atoms with Gasteiger partial charge in [-0.2, -0.15) is 0 Å². The zero-order chi connectivity index (χ0) is 11.0. The highest BCUT2D eigenvalue weighted by Crippen LogP contribution is 2.34. The lowest BCUT2D eigenvalue weighted by molar-refractivity contribution is 0.547. The number of nitrogens with one attached hydrogen (secondary N) is 1. The Labute approximate surface area is 87.2 Å². The summed E-state index contributed by atoms with van der Waals surface area (Å²) in [5, 5.41) is 0. The lowest BCUT2D eigenvalue weighted by atomic mass is 10.1. The largest absolute Gasteiger partial charge is 0.215 e. The summed E-state index contributed by atoms with van der Waals surface area (Å²) in [4.78, 5) is 0. The fraction of sp³-hybridized carbons (Fsp3) is 0.333. The zero-order valence-electron chi connectivity index (χ0n) is 7.67. The molecule has 0 saturated heterocycles. The van der Waals surface area contributed by atoms with Crippen LogP contribution in [-0.2, 0) is 17.3 Å². The number of fused-ring (bicyclic) bond motifs is 1. The van der Waals surface area contributed by atoms with Gasteiger partial charge in [0.05, 0.1) is 0 Å². The Balaban J connectivity index is 2.45. The van der Waals surface area contributed by atoms with Gasteiger partial charge in [-0.15, -0.1) is 0 Å². The first-order chi connectivity index (χ1) is 7.09. The normalized spacial score (nSPS) is 19.5. The minimum absolute atomic E-state index is 0.147. The second-order valence-electron chi connectivity index (χ2n) is 3.40. The molecule has 2 rings (SSSR count). The highest BCUT2D eigenvalue weighted by atomic mass is 32.2.